The Labute approximate surface area is 132 Å². The van der Waals surface area contributed by atoms with Crippen LogP contribution in [0.25, 0.3) is 0 Å². The number of aryl methyl sites for hydroxylation is 1. The van der Waals surface area contributed by atoms with E-state index in [2.05, 4.69) is 9.93 Å². The topological polar surface area (TPSA) is 58.5 Å². The van der Waals surface area contributed by atoms with Crippen molar-refractivity contribution in [1.82, 2.24) is 4.83 Å². The van der Waals surface area contributed by atoms with E-state index in [-0.39, 0.29) is 10.3 Å². The summed E-state index contributed by atoms with van der Waals surface area (Å²) >= 11 is 0. The second-order valence-corrected chi connectivity index (χ2v) is 8.78. The summed E-state index contributed by atoms with van der Waals surface area (Å²) in [6, 6.07) is 6.90. The highest BCUT2D eigenvalue weighted by atomic mass is 32.2. The summed E-state index contributed by atoms with van der Waals surface area (Å²) in [7, 11) is -3.55. The SMILES string of the molecule is Cc1ccc(S(=O)(=O)N/N=C2/C3CCC(C3)C23CCC3)cc1. The maximum atomic E-state index is 12.4. The van der Waals surface area contributed by atoms with Crippen LogP contribution in [0.4, 0.5) is 0 Å². The van der Waals surface area contributed by atoms with Gasteiger partial charge in [-0.1, -0.05) is 24.1 Å². The molecule has 4 nitrogen and oxygen atoms in total. The lowest BCUT2D eigenvalue weighted by Gasteiger charge is -2.46. The van der Waals surface area contributed by atoms with E-state index in [9.17, 15) is 8.42 Å². The average molecular weight is 318 g/mol. The van der Waals surface area contributed by atoms with Crippen LogP contribution in [0.1, 0.15) is 44.1 Å². The number of hydrogen-bond donors (Lipinski definition) is 1. The lowest BCUT2D eigenvalue weighted by molar-refractivity contribution is 0.146. The predicted molar refractivity (Wildman–Crippen MR) is 86.1 cm³/mol. The van der Waals surface area contributed by atoms with Gasteiger partial charge in [0.15, 0.2) is 0 Å². The highest BCUT2D eigenvalue weighted by Crippen LogP contribution is 2.62. The predicted octanol–water partition coefficient (Wildman–Crippen LogP) is 3.23. The summed E-state index contributed by atoms with van der Waals surface area (Å²) in [4.78, 5) is 2.79. The molecule has 0 aromatic heterocycles. The Hall–Kier alpha value is -1.36. The van der Waals surface area contributed by atoms with Crippen LogP contribution in [0.2, 0.25) is 0 Å². The third kappa shape index (κ3) is 2.02. The molecule has 1 spiro atoms. The van der Waals surface area contributed by atoms with Crippen LogP contribution in [0.15, 0.2) is 34.3 Å². The molecule has 5 heteroatoms. The first-order chi connectivity index (χ1) is 10.5. The van der Waals surface area contributed by atoms with Gasteiger partial charge < -0.3 is 0 Å². The van der Waals surface area contributed by atoms with E-state index in [0.29, 0.717) is 5.92 Å². The number of hydrogen-bond acceptors (Lipinski definition) is 3. The molecule has 2 bridgehead atoms. The van der Waals surface area contributed by atoms with Crippen LogP contribution in [0.3, 0.4) is 0 Å². The van der Waals surface area contributed by atoms with Gasteiger partial charge >= 0.3 is 0 Å². The lowest BCUT2D eigenvalue weighted by Crippen LogP contribution is -2.43. The molecule has 0 radical (unpaired) electrons. The van der Waals surface area contributed by atoms with Crippen molar-refractivity contribution in [1.29, 1.82) is 0 Å². The zero-order valence-corrected chi connectivity index (χ0v) is 13.7. The first-order valence-corrected chi connectivity index (χ1v) is 9.66. The molecule has 1 aromatic rings. The molecule has 0 aliphatic heterocycles. The van der Waals surface area contributed by atoms with E-state index in [1.165, 1.54) is 38.5 Å². The first-order valence-electron chi connectivity index (χ1n) is 8.18. The van der Waals surface area contributed by atoms with Crippen LogP contribution in [0, 0.1) is 24.2 Å². The van der Waals surface area contributed by atoms with Crippen molar-refractivity contribution in [3.8, 4) is 0 Å². The quantitative estimate of drug-likeness (QED) is 0.870. The van der Waals surface area contributed by atoms with Gasteiger partial charge in [0.2, 0.25) is 0 Å². The second-order valence-electron chi connectivity index (χ2n) is 7.12. The smallest absolute Gasteiger partial charge is 0.200 e. The van der Waals surface area contributed by atoms with Crippen molar-refractivity contribution in [2.75, 3.05) is 0 Å². The number of nitrogens with zero attached hydrogens (tertiary/aromatic N) is 1. The van der Waals surface area contributed by atoms with Gasteiger partial charge in [0.05, 0.1) is 4.90 Å². The Bertz CT molecular complexity index is 718. The van der Waals surface area contributed by atoms with Crippen LogP contribution in [-0.2, 0) is 10.0 Å². The fourth-order valence-electron chi connectivity index (χ4n) is 4.65. The number of sulfonamides is 1. The number of hydrazone groups is 1. The van der Waals surface area contributed by atoms with E-state index in [4.69, 9.17) is 0 Å². The lowest BCUT2D eigenvalue weighted by atomic mass is 9.59. The minimum Gasteiger partial charge on any atom is -0.200 e. The molecule has 1 N–H and O–H groups in total. The fraction of sp³-hybridized carbons (Fsp3) is 0.588. The van der Waals surface area contributed by atoms with Gasteiger partial charge in [0.1, 0.15) is 0 Å². The monoisotopic (exact) mass is 318 g/mol. The van der Waals surface area contributed by atoms with Gasteiger partial charge in [-0.2, -0.15) is 13.5 Å². The summed E-state index contributed by atoms with van der Waals surface area (Å²) < 4.78 is 24.8. The molecule has 1 aromatic carbocycles. The fourth-order valence-corrected chi connectivity index (χ4v) is 5.47. The maximum absolute atomic E-state index is 12.4. The third-order valence-electron chi connectivity index (χ3n) is 5.97. The highest BCUT2D eigenvalue weighted by Gasteiger charge is 2.58. The third-order valence-corrected chi connectivity index (χ3v) is 7.20. The summed E-state index contributed by atoms with van der Waals surface area (Å²) in [5, 5.41) is 4.43. The Morgan fingerprint density at radius 3 is 2.55 bits per heavy atom. The molecule has 2 unspecified atom stereocenters. The molecule has 3 saturated carbocycles. The molecule has 0 amide bonds. The van der Waals surface area contributed by atoms with Crippen molar-refractivity contribution in [2.45, 2.75) is 50.3 Å². The Morgan fingerprint density at radius 1 is 1.18 bits per heavy atom. The average Bonchev–Trinajstić information content (AvgIpc) is 3.03. The number of nitrogens with one attached hydrogen (secondary N) is 1. The molecule has 4 rings (SSSR count). The standard InChI is InChI=1S/C17H22N2O2S/c1-12-3-7-15(8-4-12)22(20,21)19-18-16-13-5-6-14(11-13)17(16)9-2-10-17/h3-4,7-8,13-14,19H,2,5-6,9-11H2,1H3/b18-16-. The molecule has 0 heterocycles. The van der Waals surface area contributed by atoms with Crippen LogP contribution < -0.4 is 4.83 Å². The first kappa shape index (κ1) is 14.2. The minimum atomic E-state index is -3.55. The van der Waals surface area contributed by atoms with Gasteiger partial charge in [-0.3, -0.25) is 0 Å². The van der Waals surface area contributed by atoms with Crippen molar-refractivity contribution >= 4 is 15.7 Å². The highest BCUT2D eigenvalue weighted by molar-refractivity contribution is 7.89. The van der Waals surface area contributed by atoms with Crippen molar-refractivity contribution in [3.05, 3.63) is 29.8 Å². The zero-order chi connectivity index (χ0) is 15.4. The molecule has 0 saturated heterocycles. The Morgan fingerprint density at radius 2 is 1.91 bits per heavy atom. The molecule has 3 aliphatic rings. The van der Waals surface area contributed by atoms with Gasteiger partial charge in [-0.05, 0) is 63.0 Å². The Kier molecular flexibility index (Phi) is 3.12. The summed E-state index contributed by atoms with van der Waals surface area (Å²) in [6.07, 6.45) is 7.34. The van der Waals surface area contributed by atoms with Gasteiger partial charge in [0.25, 0.3) is 10.0 Å². The second kappa shape index (κ2) is 4.82. The van der Waals surface area contributed by atoms with Crippen LogP contribution in [0.5, 0.6) is 0 Å². The number of fused-ring (bicyclic) bond motifs is 3. The molecular weight excluding hydrogens is 296 g/mol. The largest absolute Gasteiger partial charge is 0.276 e. The van der Waals surface area contributed by atoms with Crippen LogP contribution in [-0.4, -0.2) is 14.1 Å². The normalized spacial score (nSPS) is 30.7. The van der Waals surface area contributed by atoms with E-state index in [1.54, 1.807) is 12.1 Å². The van der Waals surface area contributed by atoms with Gasteiger partial charge in [-0.15, -0.1) is 0 Å². The van der Waals surface area contributed by atoms with E-state index < -0.39 is 10.0 Å². The van der Waals surface area contributed by atoms with Gasteiger partial charge in [0, 0.05) is 11.1 Å². The number of rotatable bonds is 3. The molecule has 3 aliphatic carbocycles. The maximum Gasteiger partial charge on any atom is 0.276 e. The summed E-state index contributed by atoms with van der Waals surface area (Å²) in [6.45, 7) is 1.94. The molecule has 22 heavy (non-hydrogen) atoms. The van der Waals surface area contributed by atoms with E-state index >= 15 is 0 Å². The van der Waals surface area contributed by atoms with Gasteiger partial charge in [-0.25, -0.2) is 4.83 Å². The number of benzene rings is 1. The Balaban J connectivity index is 1.60. The summed E-state index contributed by atoms with van der Waals surface area (Å²) in [5.74, 6) is 1.25. The molecule has 2 atom stereocenters. The molecule has 118 valence electrons. The van der Waals surface area contributed by atoms with Crippen LogP contribution >= 0.6 is 0 Å². The molecular formula is C17H22N2O2S. The zero-order valence-electron chi connectivity index (χ0n) is 12.9. The van der Waals surface area contributed by atoms with Crippen molar-refractivity contribution in [2.24, 2.45) is 22.4 Å². The van der Waals surface area contributed by atoms with E-state index in [0.717, 1.165) is 17.2 Å². The van der Waals surface area contributed by atoms with Crippen molar-refractivity contribution < 1.29 is 8.42 Å². The molecule has 3 fully saturated rings. The summed E-state index contributed by atoms with van der Waals surface area (Å²) in [5.41, 5.74) is 2.43. The van der Waals surface area contributed by atoms with Crippen molar-refractivity contribution in [3.63, 3.8) is 0 Å². The minimum absolute atomic E-state index is 0.235. The van der Waals surface area contributed by atoms with E-state index in [1.807, 2.05) is 19.1 Å².